The van der Waals surface area contributed by atoms with E-state index in [0.29, 0.717) is 30.9 Å². The number of anilines is 1. The lowest BCUT2D eigenvalue weighted by Crippen LogP contribution is -2.30. The average molecular weight is 300 g/mol. The number of halogens is 1. The number of nitrogens with one attached hydrogen (secondary N) is 1. The Hall–Kier alpha value is -1.59. The molecule has 112 valence electrons. The van der Waals surface area contributed by atoms with Crippen molar-refractivity contribution >= 4 is 29.9 Å². The van der Waals surface area contributed by atoms with E-state index >= 15 is 0 Å². The molecule has 1 aromatic carbocycles. The molecule has 0 heterocycles. The quantitative estimate of drug-likeness (QED) is 0.842. The SMILES string of the molecule is CCN(CC)C(=O)c1cccc(NC(=O)CCN)c1.Cl. The summed E-state index contributed by atoms with van der Waals surface area (Å²) in [5.74, 6) is -0.171. The molecule has 1 aromatic rings. The first-order valence-electron chi connectivity index (χ1n) is 6.51. The Labute approximate surface area is 125 Å². The molecule has 0 unspecified atom stereocenters. The second-order valence-electron chi connectivity index (χ2n) is 4.15. The summed E-state index contributed by atoms with van der Waals surface area (Å²) in [7, 11) is 0. The number of benzene rings is 1. The summed E-state index contributed by atoms with van der Waals surface area (Å²) in [6, 6.07) is 6.95. The zero-order valence-corrected chi connectivity index (χ0v) is 12.7. The number of hydrogen-bond donors (Lipinski definition) is 2. The predicted molar refractivity (Wildman–Crippen MR) is 83.2 cm³/mol. The number of nitrogens with zero attached hydrogens (tertiary/aromatic N) is 1. The number of carbonyl (C=O) groups is 2. The van der Waals surface area contributed by atoms with Crippen LogP contribution in [-0.4, -0.2) is 36.3 Å². The monoisotopic (exact) mass is 299 g/mol. The largest absolute Gasteiger partial charge is 0.339 e. The standard InChI is InChI=1S/C14H21N3O2.ClH/c1-3-17(4-2)14(19)11-6-5-7-12(10-11)16-13(18)8-9-15;/h5-7,10H,3-4,8-9,15H2,1-2H3,(H,16,18);1H. The summed E-state index contributed by atoms with van der Waals surface area (Å²) in [5.41, 5.74) is 6.52. The van der Waals surface area contributed by atoms with Gasteiger partial charge in [-0.15, -0.1) is 12.4 Å². The van der Waals surface area contributed by atoms with Gasteiger partial charge in [-0.25, -0.2) is 0 Å². The van der Waals surface area contributed by atoms with Crippen LogP contribution in [0.4, 0.5) is 5.69 Å². The van der Waals surface area contributed by atoms with Crippen LogP contribution in [0.15, 0.2) is 24.3 Å². The van der Waals surface area contributed by atoms with E-state index in [1.807, 2.05) is 13.8 Å². The lowest BCUT2D eigenvalue weighted by molar-refractivity contribution is -0.116. The number of rotatable bonds is 6. The summed E-state index contributed by atoms with van der Waals surface area (Å²) >= 11 is 0. The molecule has 0 fully saturated rings. The van der Waals surface area contributed by atoms with Crippen LogP contribution in [0.1, 0.15) is 30.6 Å². The minimum atomic E-state index is -0.144. The predicted octanol–water partition coefficient (Wildman–Crippen LogP) is 1.88. The van der Waals surface area contributed by atoms with Crippen LogP contribution in [-0.2, 0) is 4.79 Å². The van der Waals surface area contributed by atoms with Gasteiger partial charge in [0.2, 0.25) is 5.91 Å². The highest BCUT2D eigenvalue weighted by atomic mass is 35.5. The zero-order chi connectivity index (χ0) is 14.3. The van der Waals surface area contributed by atoms with Crippen molar-refractivity contribution in [3.05, 3.63) is 29.8 Å². The van der Waals surface area contributed by atoms with Crippen LogP contribution < -0.4 is 11.1 Å². The minimum absolute atomic E-state index is 0. The summed E-state index contributed by atoms with van der Waals surface area (Å²) in [6.07, 6.45) is 0.272. The van der Waals surface area contributed by atoms with Gasteiger partial charge in [-0.2, -0.15) is 0 Å². The molecule has 0 saturated carbocycles. The smallest absolute Gasteiger partial charge is 0.253 e. The molecule has 0 aliphatic heterocycles. The Morgan fingerprint density at radius 3 is 2.45 bits per heavy atom. The van der Waals surface area contributed by atoms with E-state index in [4.69, 9.17) is 5.73 Å². The molecule has 0 aromatic heterocycles. The van der Waals surface area contributed by atoms with Crippen molar-refractivity contribution in [2.45, 2.75) is 20.3 Å². The summed E-state index contributed by atoms with van der Waals surface area (Å²) in [5, 5.41) is 2.72. The van der Waals surface area contributed by atoms with Crippen LogP contribution in [0.3, 0.4) is 0 Å². The second kappa shape index (κ2) is 9.34. The zero-order valence-electron chi connectivity index (χ0n) is 11.9. The molecule has 2 amide bonds. The average Bonchev–Trinajstić information content (AvgIpc) is 2.40. The molecule has 0 spiro atoms. The molecule has 0 saturated heterocycles. The first-order chi connectivity index (χ1) is 9.12. The normalized spacial score (nSPS) is 9.55. The third kappa shape index (κ3) is 5.19. The topological polar surface area (TPSA) is 75.4 Å². The summed E-state index contributed by atoms with van der Waals surface area (Å²) < 4.78 is 0. The Balaban J connectivity index is 0.00000361. The molecular formula is C14H22ClN3O2. The van der Waals surface area contributed by atoms with Gasteiger partial charge in [-0.3, -0.25) is 9.59 Å². The van der Waals surface area contributed by atoms with Crippen LogP contribution in [0, 0.1) is 0 Å². The van der Waals surface area contributed by atoms with Crippen molar-refractivity contribution in [2.24, 2.45) is 5.73 Å². The highest BCUT2D eigenvalue weighted by Crippen LogP contribution is 2.13. The van der Waals surface area contributed by atoms with Gasteiger partial charge in [-0.05, 0) is 32.0 Å². The maximum Gasteiger partial charge on any atom is 0.253 e. The van der Waals surface area contributed by atoms with Crippen LogP contribution >= 0.6 is 12.4 Å². The molecule has 3 N–H and O–H groups in total. The van der Waals surface area contributed by atoms with E-state index in [9.17, 15) is 9.59 Å². The highest BCUT2D eigenvalue weighted by molar-refractivity contribution is 5.97. The van der Waals surface area contributed by atoms with Gasteiger partial charge in [-0.1, -0.05) is 6.07 Å². The lowest BCUT2D eigenvalue weighted by Gasteiger charge is -2.19. The molecule has 0 radical (unpaired) electrons. The van der Waals surface area contributed by atoms with Crippen LogP contribution in [0.5, 0.6) is 0 Å². The molecule has 0 aliphatic rings. The molecule has 5 nitrogen and oxygen atoms in total. The van der Waals surface area contributed by atoms with E-state index in [1.54, 1.807) is 29.2 Å². The first kappa shape index (κ1) is 18.4. The Morgan fingerprint density at radius 1 is 1.25 bits per heavy atom. The van der Waals surface area contributed by atoms with Gasteiger partial charge in [0.15, 0.2) is 0 Å². The first-order valence-corrected chi connectivity index (χ1v) is 6.51. The number of amides is 2. The Morgan fingerprint density at radius 2 is 1.90 bits per heavy atom. The maximum atomic E-state index is 12.2. The van der Waals surface area contributed by atoms with Gasteiger partial charge < -0.3 is 16.0 Å². The van der Waals surface area contributed by atoms with Crippen LogP contribution in [0.25, 0.3) is 0 Å². The van der Waals surface area contributed by atoms with Gasteiger partial charge >= 0.3 is 0 Å². The highest BCUT2D eigenvalue weighted by Gasteiger charge is 2.12. The van der Waals surface area contributed by atoms with Gasteiger partial charge in [0.05, 0.1) is 0 Å². The lowest BCUT2D eigenvalue weighted by atomic mass is 10.1. The molecule has 0 atom stereocenters. The van der Waals surface area contributed by atoms with E-state index in [-0.39, 0.29) is 30.6 Å². The van der Waals surface area contributed by atoms with Crippen molar-refractivity contribution in [1.29, 1.82) is 0 Å². The molecule has 1 rings (SSSR count). The van der Waals surface area contributed by atoms with E-state index < -0.39 is 0 Å². The molecule has 6 heteroatoms. The van der Waals surface area contributed by atoms with Crippen molar-refractivity contribution in [1.82, 2.24) is 4.90 Å². The van der Waals surface area contributed by atoms with Crippen molar-refractivity contribution in [3.8, 4) is 0 Å². The van der Waals surface area contributed by atoms with Gasteiger partial charge in [0, 0.05) is 37.3 Å². The Kier molecular flexibility index (Phi) is 8.59. The third-order valence-electron chi connectivity index (χ3n) is 2.82. The van der Waals surface area contributed by atoms with Crippen molar-refractivity contribution < 1.29 is 9.59 Å². The maximum absolute atomic E-state index is 12.2. The van der Waals surface area contributed by atoms with E-state index in [2.05, 4.69) is 5.32 Å². The fourth-order valence-corrected chi connectivity index (χ4v) is 1.78. The van der Waals surface area contributed by atoms with Crippen molar-refractivity contribution in [3.63, 3.8) is 0 Å². The molecule has 0 aliphatic carbocycles. The van der Waals surface area contributed by atoms with E-state index in [1.165, 1.54) is 0 Å². The third-order valence-corrected chi connectivity index (χ3v) is 2.82. The van der Waals surface area contributed by atoms with Gasteiger partial charge in [0.1, 0.15) is 0 Å². The fourth-order valence-electron chi connectivity index (χ4n) is 1.78. The number of hydrogen-bond acceptors (Lipinski definition) is 3. The number of carbonyl (C=O) groups excluding carboxylic acids is 2. The summed E-state index contributed by atoms with van der Waals surface area (Å²) in [6.45, 7) is 5.52. The van der Waals surface area contributed by atoms with Gasteiger partial charge in [0.25, 0.3) is 5.91 Å². The Bertz CT molecular complexity index is 448. The van der Waals surface area contributed by atoms with Crippen LogP contribution in [0.2, 0.25) is 0 Å². The summed E-state index contributed by atoms with van der Waals surface area (Å²) in [4.78, 5) is 25.4. The minimum Gasteiger partial charge on any atom is -0.339 e. The molecule has 0 bridgehead atoms. The van der Waals surface area contributed by atoms with Crippen molar-refractivity contribution in [2.75, 3.05) is 25.0 Å². The second-order valence-corrected chi connectivity index (χ2v) is 4.15. The van der Waals surface area contributed by atoms with E-state index in [0.717, 1.165) is 0 Å². The molecule has 20 heavy (non-hydrogen) atoms. The number of nitrogens with two attached hydrogens (primary N) is 1. The fraction of sp³-hybridized carbons (Fsp3) is 0.429. The molecular weight excluding hydrogens is 278 g/mol.